The summed E-state index contributed by atoms with van der Waals surface area (Å²) in [4.78, 5) is 42.3. The third-order valence-corrected chi connectivity index (χ3v) is 6.09. The molecule has 1 N–H and O–H groups in total. The van der Waals surface area contributed by atoms with Gasteiger partial charge in [-0.3, -0.25) is 18.7 Å². The molecule has 0 radical (unpaired) electrons. The number of imidazole rings is 1. The highest BCUT2D eigenvalue weighted by Gasteiger charge is 2.19. The van der Waals surface area contributed by atoms with E-state index in [2.05, 4.69) is 10.3 Å². The van der Waals surface area contributed by atoms with Crippen LogP contribution in [0.25, 0.3) is 11.2 Å². The predicted molar refractivity (Wildman–Crippen MR) is 120 cm³/mol. The molecular weight excluding hydrogens is 426 g/mol. The molecule has 0 aliphatic carbocycles. The Kier molecular flexibility index (Phi) is 6.72. The average molecular weight is 450 g/mol. The molecule has 0 saturated carbocycles. The molecule has 0 fully saturated rings. The number of aromatic nitrogens is 4. The number of anilines is 1. The summed E-state index contributed by atoms with van der Waals surface area (Å²) in [6.45, 7) is 4.44. The number of aryl methyl sites for hydroxylation is 2. The highest BCUT2D eigenvalue weighted by atomic mass is 35.5. The van der Waals surface area contributed by atoms with Crippen molar-refractivity contribution >= 4 is 46.1 Å². The van der Waals surface area contributed by atoms with Crippen molar-refractivity contribution in [3.63, 3.8) is 0 Å². The fourth-order valence-corrected chi connectivity index (χ4v) is 3.97. The molecule has 1 amide bonds. The Morgan fingerprint density at radius 2 is 1.90 bits per heavy atom. The Balaban J connectivity index is 1.86. The smallest absolute Gasteiger partial charge is 0.324 e. The van der Waals surface area contributed by atoms with Crippen LogP contribution < -0.4 is 16.6 Å². The van der Waals surface area contributed by atoms with Crippen molar-refractivity contribution in [3.8, 4) is 0 Å². The van der Waals surface area contributed by atoms with Crippen LogP contribution in [0, 0.1) is 5.92 Å². The van der Waals surface area contributed by atoms with Gasteiger partial charge in [0.15, 0.2) is 16.3 Å². The first-order chi connectivity index (χ1) is 14.2. The van der Waals surface area contributed by atoms with Gasteiger partial charge in [-0.05, 0) is 24.5 Å². The number of hydrogen-bond acceptors (Lipinski definition) is 5. The maximum atomic E-state index is 13.0. The standard InChI is InChI=1S/C20H24ClN5O3S/c1-12(2)9-10-26-18(28)16-17(25(4)20(26)29)23-19(24(16)3)30-11-15(27)22-14-8-6-5-7-13(14)21/h5-8,12H,9-11H2,1-4H3,(H,22,27). The minimum absolute atomic E-state index is 0.0812. The maximum absolute atomic E-state index is 13.0. The van der Waals surface area contributed by atoms with Gasteiger partial charge in [0.05, 0.1) is 16.5 Å². The Labute approximate surface area is 182 Å². The Bertz CT molecular complexity index is 1210. The fourth-order valence-electron chi connectivity index (χ4n) is 3.02. The summed E-state index contributed by atoms with van der Waals surface area (Å²) in [5.74, 6) is 0.202. The van der Waals surface area contributed by atoms with Gasteiger partial charge in [0.1, 0.15) is 0 Å². The summed E-state index contributed by atoms with van der Waals surface area (Å²) in [7, 11) is 3.31. The van der Waals surface area contributed by atoms with Crippen LogP contribution >= 0.6 is 23.4 Å². The summed E-state index contributed by atoms with van der Waals surface area (Å²) in [5, 5.41) is 3.69. The molecule has 160 valence electrons. The zero-order valence-electron chi connectivity index (χ0n) is 17.3. The molecule has 0 aliphatic heterocycles. The third kappa shape index (κ3) is 4.46. The molecule has 3 aromatic rings. The predicted octanol–water partition coefficient (Wildman–Crippen LogP) is 2.86. The summed E-state index contributed by atoms with van der Waals surface area (Å²) >= 11 is 7.25. The van der Waals surface area contributed by atoms with E-state index < -0.39 is 0 Å². The number of halogens is 1. The number of carbonyl (C=O) groups is 1. The second-order valence-corrected chi connectivity index (χ2v) is 8.77. The number of thioether (sulfide) groups is 1. The van der Waals surface area contributed by atoms with Crippen molar-refractivity contribution in [3.05, 3.63) is 50.1 Å². The highest BCUT2D eigenvalue weighted by molar-refractivity contribution is 7.99. The van der Waals surface area contributed by atoms with Crippen molar-refractivity contribution < 1.29 is 4.79 Å². The molecule has 0 aliphatic rings. The van der Waals surface area contributed by atoms with Crippen LogP contribution in [-0.4, -0.2) is 30.3 Å². The zero-order valence-corrected chi connectivity index (χ0v) is 18.9. The van der Waals surface area contributed by atoms with Crippen LogP contribution in [0.2, 0.25) is 5.02 Å². The van der Waals surface area contributed by atoms with E-state index in [4.69, 9.17) is 11.6 Å². The summed E-state index contributed by atoms with van der Waals surface area (Å²) in [5.41, 5.74) is 0.428. The maximum Gasteiger partial charge on any atom is 0.332 e. The van der Waals surface area contributed by atoms with Crippen LogP contribution in [0.4, 0.5) is 5.69 Å². The number of benzene rings is 1. The van der Waals surface area contributed by atoms with E-state index in [0.29, 0.717) is 39.5 Å². The Morgan fingerprint density at radius 3 is 2.57 bits per heavy atom. The van der Waals surface area contributed by atoms with Crippen LogP contribution in [0.15, 0.2) is 39.0 Å². The van der Waals surface area contributed by atoms with Gasteiger partial charge in [-0.15, -0.1) is 0 Å². The lowest BCUT2D eigenvalue weighted by Gasteiger charge is -2.10. The number of fused-ring (bicyclic) bond motifs is 1. The average Bonchev–Trinajstić information content (AvgIpc) is 3.03. The number of rotatable bonds is 7. The van der Waals surface area contributed by atoms with Crippen molar-refractivity contribution in [1.29, 1.82) is 0 Å². The van der Waals surface area contributed by atoms with E-state index in [1.165, 1.54) is 20.9 Å². The van der Waals surface area contributed by atoms with E-state index >= 15 is 0 Å². The second kappa shape index (κ2) is 9.09. The highest BCUT2D eigenvalue weighted by Crippen LogP contribution is 2.23. The van der Waals surface area contributed by atoms with Gasteiger partial charge in [-0.1, -0.05) is 49.3 Å². The van der Waals surface area contributed by atoms with Gasteiger partial charge in [-0.25, -0.2) is 9.78 Å². The molecule has 0 spiro atoms. The van der Waals surface area contributed by atoms with Crippen molar-refractivity contribution in [1.82, 2.24) is 18.7 Å². The molecule has 0 bridgehead atoms. The second-order valence-electron chi connectivity index (χ2n) is 7.42. The van der Waals surface area contributed by atoms with Gasteiger partial charge < -0.3 is 9.88 Å². The molecule has 0 unspecified atom stereocenters. The Morgan fingerprint density at radius 1 is 1.20 bits per heavy atom. The molecule has 3 rings (SSSR count). The first-order valence-corrected chi connectivity index (χ1v) is 10.9. The number of nitrogens with one attached hydrogen (secondary N) is 1. The number of amides is 1. The van der Waals surface area contributed by atoms with Crippen LogP contribution in [0.5, 0.6) is 0 Å². The van der Waals surface area contributed by atoms with Crippen molar-refractivity contribution in [2.75, 3.05) is 11.1 Å². The molecule has 2 aromatic heterocycles. The normalized spacial score (nSPS) is 11.4. The molecule has 1 aromatic carbocycles. The fraction of sp³-hybridized carbons (Fsp3) is 0.400. The van der Waals surface area contributed by atoms with Crippen LogP contribution in [-0.2, 0) is 25.4 Å². The largest absolute Gasteiger partial charge is 0.332 e. The molecule has 8 nitrogen and oxygen atoms in total. The number of para-hydroxylation sites is 1. The van der Waals surface area contributed by atoms with E-state index in [1.807, 2.05) is 13.8 Å². The van der Waals surface area contributed by atoms with E-state index in [9.17, 15) is 14.4 Å². The SMILES string of the molecule is CC(C)CCn1c(=O)c2c(nc(SCC(=O)Nc3ccccc3Cl)n2C)n(C)c1=O. The van der Waals surface area contributed by atoms with Gasteiger partial charge >= 0.3 is 5.69 Å². The van der Waals surface area contributed by atoms with Gasteiger partial charge in [0, 0.05) is 20.6 Å². The van der Waals surface area contributed by atoms with E-state index in [1.54, 1.807) is 42.9 Å². The third-order valence-electron chi connectivity index (χ3n) is 4.73. The van der Waals surface area contributed by atoms with Crippen molar-refractivity contribution in [2.24, 2.45) is 20.0 Å². The summed E-state index contributed by atoms with van der Waals surface area (Å²) in [6, 6.07) is 6.98. The Hall–Kier alpha value is -2.52. The minimum atomic E-state index is -0.390. The van der Waals surface area contributed by atoms with Gasteiger partial charge in [0.25, 0.3) is 5.56 Å². The monoisotopic (exact) mass is 449 g/mol. The first kappa shape index (κ1) is 22.2. The van der Waals surface area contributed by atoms with Crippen LogP contribution in [0.3, 0.4) is 0 Å². The van der Waals surface area contributed by atoms with Crippen molar-refractivity contribution in [2.45, 2.75) is 32.0 Å². The molecule has 2 heterocycles. The number of hydrogen-bond donors (Lipinski definition) is 1. The van der Waals surface area contributed by atoms with Crippen LogP contribution in [0.1, 0.15) is 20.3 Å². The number of carbonyl (C=O) groups excluding carboxylic acids is 1. The molecule has 30 heavy (non-hydrogen) atoms. The molecule has 0 atom stereocenters. The molecule has 10 heteroatoms. The molecule has 0 saturated heterocycles. The topological polar surface area (TPSA) is 90.9 Å². The lowest BCUT2D eigenvalue weighted by atomic mass is 10.1. The molecular formula is C20H24ClN5O3S. The summed E-state index contributed by atoms with van der Waals surface area (Å²) < 4.78 is 4.27. The quantitative estimate of drug-likeness (QED) is 0.560. The lowest BCUT2D eigenvalue weighted by molar-refractivity contribution is -0.113. The van der Waals surface area contributed by atoms with E-state index in [-0.39, 0.29) is 22.9 Å². The number of nitrogens with zero attached hydrogens (tertiary/aromatic N) is 4. The minimum Gasteiger partial charge on any atom is -0.324 e. The first-order valence-electron chi connectivity index (χ1n) is 9.54. The van der Waals surface area contributed by atoms with Gasteiger partial charge in [0.2, 0.25) is 5.91 Å². The van der Waals surface area contributed by atoms with E-state index in [0.717, 1.165) is 6.42 Å². The lowest BCUT2D eigenvalue weighted by Crippen LogP contribution is -2.39. The summed E-state index contributed by atoms with van der Waals surface area (Å²) in [6.07, 6.45) is 0.725. The van der Waals surface area contributed by atoms with Gasteiger partial charge in [-0.2, -0.15) is 0 Å². The zero-order chi connectivity index (χ0) is 22.0.